The van der Waals surface area contributed by atoms with Gasteiger partial charge in [0.05, 0.1) is 12.7 Å². The molecular weight excluding hydrogens is 356 g/mol. The zero-order valence-electron chi connectivity index (χ0n) is 15.5. The van der Waals surface area contributed by atoms with E-state index in [0.717, 1.165) is 56.2 Å². The molecule has 3 saturated heterocycles. The Kier molecular flexibility index (Phi) is 4.40. The summed E-state index contributed by atoms with van der Waals surface area (Å²) < 4.78 is 6.01. The zero-order chi connectivity index (χ0) is 18.9. The summed E-state index contributed by atoms with van der Waals surface area (Å²) in [6.07, 6.45) is 8.68. The van der Waals surface area contributed by atoms with Crippen molar-refractivity contribution in [1.82, 2.24) is 30.0 Å². The maximum atomic E-state index is 12.8. The van der Waals surface area contributed by atoms with Crippen LogP contribution in [0.1, 0.15) is 29.1 Å². The number of nitrogens with one attached hydrogen (secondary N) is 1. The Hall–Kier alpha value is -3.00. The van der Waals surface area contributed by atoms with Gasteiger partial charge in [-0.1, -0.05) is 0 Å². The summed E-state index contributed by atoms with van der Waals surface area (Å²) in [4.78, 5) is 25.5. The molecule has 3 aromatic rings. The van der Waals surface area contributed by atoms with Gasteiger partial charge in [-0.25, -0.2) is 4.98 Å². The summed E-state index contributed by atoms with van der Waals surface area (Å²) >= 11 is 0. The highest BCUT2D eigenvalue weighted by Crippen LogP contribution is 2.30. The van der Waals surface area contributed by atoms with Crippen LogP contribution < -0.4 is 0 Å². The number of aromatic amines is 1. The first-order chi connectivity index (χ1) is 13.8. The summed E-state index contributed by atoms with van der Waals surface area (Å²) in [5, 5.41) is 6.90. The minimum absolute atomic E-state index is 0.0219. The van der Waals surface area contributed by atoms with Gasteiger partial charge in [0.25, 0.3) is 5.91 Å². The number of aromatic nitrogens is 4. The Morgan fingerprint density at radius 1 is 1.14 bits per heavy atom. The van der Waals surface area contributed by atoms with Crippen molar-refractivity contribution in [2.45, 2.75) is 25.4 Å². The molecule has 3 aliphatic rings. The lowest BCUT2D eigenvalue weighted by Gasteiger charge is -2.35. The van der Waals surface area contributed by atoms with E-state index in [2.05, 4.69) is 25.1 Å². The molecule has 2 atom stereocenters. The molecule has 0 spiro atoms. The zero-order valence-corrected chi connectivity index (χ0v) is 15.5. The number of hydrogen-bond acceptors (Lipinski definition) is 6. The SMILES string of the molecule is O=C(c1cnccn1)N1C[C@@H]2CC[C@H](C1)N(Cc1ccc(-c3ccn[nH]3)o1)C2. The molecule has 1 N–H and O–H groups in total. The number of piperidine rings is 1. The first-order valence-corrected chi connectivity index (χ1v) is 9.64. The lowest BCUT2D eigenvalue weighted by Crippen LogP contribution is -2.43. The number of nitrogens with zero attached hydrogens (tertiary/aromatic N) is 5. The number of fused-ring (bicyclic) bond motifs is 4. The number of furan rings is 1. The smallest absolute Gasteiger partial charge is 0.274 e. The largest absolute Gasteiger partial charge is 0.458 e. The van der Waals surface area contributed by atoms with E-state index >= 15 is 0 Å². The Morgan fingerprint density at radius 2 is 2.11 bits per heavy atom. The molecule has 2 bridgehead atoms. The van der Waals surface area contributed by atoms with Gasteiger partial charge in [0.1, 0.15) is 17.1 Å². The van der Waals surface area contributed by atoms with Gasteiger partial charge >= 0.3 is 0 Å². The molecule has 8 nitrogen and oxygen atoms in total. The molecule has 3 aliphatic heterocycles. The van der Waals surface area contributed by atoms with Gasteiger partial charge in [-0.3, -0.25) is 19.8 Å². The van der Waals surface area contributed by atoms with Crippen LogP contribution >= 0.6 is 0 Å². The van der Waals surface area contributed by atoms with Crippen LogP contribution in [0.15, 0.2) is 47.4 Å². The fourth-order valence-corrected chi connectivity index (χ4v) is 4.31. The summed E-state index contributed by atoms with van der Waals surface area (Å²) in [6, 6.07) is 6.23. The fraction of sp³-hybridized carbons (Fsp3) is 0.400. The average Bonchev–Trinajstić information content (AvgIpc) is 3.34. The molecule has 1 amide bonds. The van der Waals surface area contributed by atoms with Crippen LogP contribution in [0, 0.1) is 5.92 Å². The lowest BCUT2D eigenvalue weighted by molar-refractivity contribution is 0.0727. The lowest BCUT2D eigenvalue weighted by atomic mass is 9.95. The average molecular weight is 378 g/mol. The number of hydrogen-bond donors (Lipinski definition) is 1. The van der Waals surface area contributed by atoms with E-state index in [-0.39, 0.29) is 5.91 Å². The van der Waals surface area contributed by atoms with E-state index < -0.39 is 0 Å². The summed E-state index contributed by atoms with van der Waals surface area (Å²) in [5.74, 6) is 2.18. The number of carbonyl (C=O) groups excluding carboxylic acids is 1. The van der Waals surface area contributed by atoms with Gasteiger partial charge in [-0.15, -0.1) is 0 Å². The second-order valence-electron chi connectivity index (χ2n) is 7.56. The normalized spacial score (nSPS) is 22.4. The molecule has 144 valence electrons. The van der Waals surface area contributed by atoms with E-state index in [1.165, 1.54) is 0 Å². The quantitative estimate of drug-likeness (QED) is 0.748. The first-order valence-electron chi connectivity index (χ1n) is 9.64. The van der Waals surface area contributed by atoms with Crippen molar-refractivity contribution < 1.29 is 9.21 Å². The van der Waals surface area contributed by atoms with Crippen molar-refractivity contribution in [3.63, 3.8) is 0 Å². The summed E-state index contributed by atoms with van der Waals surface area (Å²) in [6.45, 7) is 3.23. The highest BCUT2D eigenvalue weighted by molar-refractivity contribution is 5.92. The predicted molar refractivity (Wildman–Crippen MR) is 101 cm³/mol. The third-order valence-electron chi connectivity index (χ3n) is 5.68. The van der Waals surface area contributed by atoms with E-state index in [4.69, 9.17) is 4.42 Å². The minimum Gasteiger partial charge on any atom is -0.458 e. The maximum absolute atomic E-state index is 12.8. The van der Waals surface area contributed by atoms with Gasteiger partial charge in [0, 0.05) is 44.3 Å². The Morgan fingerprint density at radius 3 is 2.93 bits per heavy atom. The van der Waals surface area contributed by atoms with Crippen LogP contribution in [-0.4, -0.2) is 61.5 Å². The standard InChI is InChI=1S/C20H22N6O2/c27-20(18-9-21-7-8-22-18)26-11-14-1-2-15(12-26)25(10-14)13-16-3-4-19(28-16)17-5-6-23-24-17/h3-9,14-15H,1-2,10-13H2,(H,23,24)/t14-,15-/m1/s1. The molecule has 3 fully saturated rings. The minimum atomic E-state index is -0.0219. The molecule has 6 rings (SSSR count). The molecule has 0 radical (unpaired) electrons. The first kappa shape index (κ1) is 17.1. The molecule has 0 saturated carbocycles. The highest BCUT2D eigenvalue weighted by Gasteiger charge is 2.37. The van der Waals surface area contributed by atoms with Crippen LogP contribution in [0.5, 0.6) is 0 Å². The van der Waals surface area contributed by atoms with Crippen LogP contribution in [0.3, 0.4) is 0 Å². The fourth-order valence-electron chi connectivity index (χ4n) is 4.31. The van der Waals surface area contributed by atoms with Crippen molar-refractivity contribution in [3.05, 3.63) is 54.4 Å². The molecule has 0 aromatic carbocycles. The van der Waals surface area contributed by atoms with Gasteiger partial charge in [0.15, 0.2) is 5.76 Å². The molecule has 6 heterocycles. The van der Waals surface area contributed by atoms with Crippen LogP contribution in [0.2, 0.25) is 0 Å². The number of carbonyl (C=O) groups is 1. The topological polar surface area (TPSA) is 91.2 Å². The maximum Gasteiger partial charge on any atom is 0.274 e. The van der Waals surface area contributed by atoms with Gasteiger partial charge < -0.3 is 9.32 Å². The number of rotatable bonds is 4. The monoisotopic (exact) mass is 378 g/mol. The van der Waals surface area contributed by atoms with Gasteiger partial charge in [0.2, 0.25) is 0 Å². The van der Waals surface area contributed by atoms with Crippen molar-refractivity contribution in [2.24, 2.45) is 5.92 Å². The van der Waals surface area contributed by atoms with E-state index in [9.17, 15) is 4.79 Å². The molecule has 3 aromatic heterocycles. The Balaban J connectivity index is 1.30. The van der Waals surface area contributed by atoms with E-state index in [0.29, 0.717) is 17.7 Å². The molecule has 0 aliphatic carbocycles. The molecule has 28 heavy (non-hydrogen) atoms. The van der Waals surface area contributed by atoms with Gasteiger partial charge in [-0.2, -0.15) is 5.10 Å². The number of H-pyrrole nitrogens is 1. The third-order valence-corrected chi connectivity index (χ3v) is 5.68. The van der Waals surface area contributed by atoms with Crippen molar-refractivity contribution in [1.29, 1.82) is 0 Å². The molecule has 0 unspecified atom stereocenters. The summed E-state index contributed by atoms with van der Waals surface area (Å²) in [7, 11) is 0. The Bertz CT molecular complexity index is 939. The van der Waals surface area contributed by atoms with Gasteiger partial charge in [-0.05, 0) is 37.0 Å². The van der Waals surface area contributed by atoms with E-state index in [1.807, 2.05) is 23.1 Å². The molecular formula is C20H22N6O2. The second-order valence-corrected chi connectivity index (χ2v) is 7.56. The van der Waals surface area contributed by atoms with Crippen molar-refractivity contribution >= 4 is 5.91 Å². The van der Waals surface area contributed by atoms with E-state index in [1.54, 1.807) is 24.8 Å². The number of amides is 1. The van der Waals surface area contributed by atoms with Crippen LogP contribution in [0.25, 0.3) is 11.5 Å². The van der Waals surface area contributed by atoms with Crippen molar-refractivity contribution in [3.8, 4) is 11.5 Å². The predicted octanol–water partition coefficient (Wildman–Crippen LogP) is 2.20. The second kappa shape index (κ2) is 7.20. The van der Waals surface area contributed by atoms with Crippen LogP contribution in [-0.2, 0) is 6.54 Å². The Labute approximate surface area is 162 Å². The highest BCUT2D eigenvalue weighted by atomic mass is 16.3. The third kappa shape index (κ3) is 3.31. The molecule has 8 heteroatoms. The van der Waals surface area contributed by atoms with Crippen molar-refractivity contribution in [2.75, 3.05) is 19.6 Å². The summed E-state index contributed by atoms with van der Waals surface area (Å²) in [5.41, 5.74) is 1.30. The van der Waals surface area contributed by atoms with Crippen LogP contribution in [0.4, 0.5) is 0 Å².